The summed E-state index contributed by atoms with van der Waals surface area (Å²) in [6.07, 6.45) is -4.48. The van der Waals surface area contributed by atoms with Crippen molar-refractivity contribution < 1.29 is 27.8 Å². The average molecular weight is 509 g/mol. The molecule has 1 aliphatic rings. The highest BCUT2D eigenvalue weighted by Gasteiger charge is 2.38. The number of amides is 1. The van der Waals surface area contributed by atoms with E-state index in [0.29, 0.717) is 42.4 Å². The molecule has 1 aliphatic heterocycles. The van der Waals surface area contributed by atoms with E-state index in [1.807, 2.05) is 11.8 Å². The molecule has 3 rings (SSSR count). The minimum atomic E-state index is -4.85. The fourth-order valence-electron chi connectivity index (χ4n) is 3.55. The Morgan fingerprint density at radius 1 is 1.42 bits per heavy atom. The van der Waals surface area contributed by atoms with Crippen molar-refractivity contribution in [3.05, 3.63) is 43.0 Å². The first-order chi connectivity index (χ1) is 15.5. The quantitative estimate of drug-likeness (QED) is 0.427. The number of carbonyl (C=O) groups is 1. The molecule has 1 aromatic heterocycles. The average Bonchev–Trinajstić information content (AvgIpc) is 3.16. The second kappa shape index (κ2) is 10.3. The van der Waals surface area contributed by atoms with Crippen molar-refractivity contribution in [2.75, 3.05) is 31.9 Å². The summed E-state index contributed by atoms with van der Waals surface area (Å²) in [5.74, 6) is -0.393. The van der Waals surface area contributed by atoms with Gasteiger partial charge in [0.15, 0.2) is 0 Å². The smallest absolute Gasteiger partial charge is 0.432 e. The lowest BCUT2D eigenvalue weighted by Crippen LogP contribution is -2.45. The standard InChI is InChI=1S/C20H24ClF3N4O4S/c1-10-14(3-2-13(25)15(10)21)32-12-4-6-28(7-5-12)9-11(29)8-26-18(30)16-17(20(22,23)24)27-19(31)33-16/h2-3,11-12,29H,4-9,25H2,1H3,(H,26,30)(H,27,31)/t11-/m1/s1. The molecule has 1 amide bonds. The van der Waals surface area contributed by atoms with Crippen LogP contribution >= 0.6 is 22.9 Å². The Bertz CT molecular complexity index is 1050. The minimum absolute atomic E-state index is 0.0337. The van der Waals surface area contributed by atoms with E-state index in [0.717, 1.165) is 5.56 Å². The first kappa shape index (κ1) is 25.3. The van der Waals surface area contributed by atoms with Gasteiger partial charge in [0, 0.05) is 31.7 Å². The van der Waals surface area contributed by atoms with Gasteiger partial charge in [-0.05, 0) is 31.9 Å². The molecular weight excluding hydrogens is 485 g/mol. The van der Waals surface area contributed by atoms with Crippen LogP contribution in [-0.2, 0) is 6.18 Å². The number of nitrogens with one attached hydrogen (secondary N) is 2. The maximum atomic E-state index is 12.9. The predicted octanol–water partition coefficient (Wildman–Crippen LogP) is 2.63. The van der Waals surface area contributed by atoms with Gasteiger partial charge in [-0.25, -0.2) is 0 Å². The van der Waals surface area contributed by atoms with Crippen LogP contribution in [-0.4, -0.2) is 59.3 Å². The molecular formula is C20H24ClF3N4O4S. The van der Waals surface area contributed by atoms with E-state index in [1.54, 1.807) is 17.1 Å². The van der Waals surface area contributed by atoms with E-state index in [-0.39, 0.29) is 30.5 Å². The zero-order chi connectivity index (χ0) is 24.3. The zero-order valence-electron chi connectivity index (χ0n) is 17.7. The molecule has 13 heteroatoms. The van der Waals surface area contributed by atoms with Gasteiger partial charge in [0.25, 0.3) is 5.91 Å². The largest absolute Gasteiger partial charge is 0.490 e. The number of nitrogens with zero attached hydrogens (tertiary/aromatic N) is 1. The molecule has 182 valence electrons. The number of nitrogens with two attached hydrogens (primary N) is 1. The SMILES string of the molecule is Cc1c(OC2CCN(C[C@H](O)CNC(=O)c3sc(=O)[nH]c3C(F)(F)F)CC2)ccc(N)c1Cl. The topological polar surface area (TPSA) is 121 Å². The number of likely N-dealkylation sites (tertiary alicyclic amines) is 1. The maximum Gasteiger partial charge on any atom is 0.432 e. The van der Waals surface area contributed by atoms with Gasteiger partial charge in [-0.3, -0.25) is 9.59 Å². The number of ether oxygens (including phenoxy) is 1. The Labute approximate surface area is 196 Å². The van der Waals surface area contributed by atoms with Crippen molar-refractivity contribution in [2.24, 2.45) is 0 Å². The number of alkyl halides is 3. The van der Waals surface area contributed by atoms with Crippen LogP contribution in [0.25, 0.3) is 0 Å². The van der Waals surface area contributed by atoms with Crippen LogP contribution in [0.5, 0.6) is 5.75 Å². The molecule has 0 aliphatic carbocycles. The monoisotopic (exact) mass is 508 g/mol. The number of rotatable bonds is 7. The van der Waals surface area contributed by atoms with Crippen molar-refractivity contribution in [3.63, 3.8) is 0 Å². The molecule has 0 bridgehead atoms. The molecule has 33 heavy (non-hydrogen) atoms. The van der Waals surface area contributed by atoms with E-state index < -0.39 is 33.6 Å². The zero-order valence-corrected chi connectivity index (χ0v) is 19.2. The van der Waals surface area contributed by atoms with Crippen LogP contribution in [0.3, 0.4) is 0 Å². The fraction of sp³-hybridized carbons (Fsp3) is 0.500. The van der Waals surface area contributed by atoms with Gasteiger partial charge in [-0.1, -0.05) is 22.9 Å². The van der Waals surface area contributed by atoms with Crippen molar-refractivity contribution >= 4 is 34.5 Å². The molecule has 8 nitrogen and oxygen atoms in total. The lowest BCUT2D eigenvalue weighted by atomic mass is 10.1. The van der Waals surface area contributed by atoms with Crippen molar-refractivity contribution in [3.8, 4) is 5.75 Å². The summed E-state index contributed by atoms with van der Waals surface area (Å²) in [5.41, 5.74) is 5.65. The third-order valence-electron chi connectivity index (χ3n) is 5.30. The first-order valence-corrected chi connectivity index (χ1v) is 11.3. The van der Waals surface area contributed by atoms with Crippen LogP contribution in [0.4, 0.5) is 18.9 Å². The predicted molar refractivity (Wildman–Crippen MR) is 119 cm³/mol. The molecule has 0 spiro atoms. The number of aliphatic hydroxyl groups is 1. The number of hydrogen-bond acceptors (Lipinski definition) is 7. The number of hydrogen-bond donors (Lipinski definition) is 4. The van der Waals surface area contributed by atoms with E-state index in [2.05, 4.69) is 5.32 Å². The molecule has 1 saturated heterocycles. The van der Waals surface area contributed by atoms with Crippen LogP contribution in [0.1, 0.15) is 33.8 Å². The Balaban J connectivity index is 1.45. The number of nitrogen functional groups attached to an aromatic ring is 1. The Hall–Kier alpha value is -2.28. The number of piperidine rings is 1. The lowest BCUT2D eigenvalue weighted by molar-refractivity contribution is -0.141. The summed E-state index contributed by atoms with van der Waals surface area (Å²) in [4.78, 5) is 25.2. The third-order valence-corrected chi connectivity index (χ3v) is 6.68. The maximum absolute atomic E-state index is 12.9. The highest BCUT2D eigenvalue weighted by Crippen LogP contribution is 2.33. The second-order valence-electron chi connectivity index (χ2n) is 7.79. The lowest BCUT2D eigenvalue weighted by Gasteiger charge is -2.33. The van der Waals surface area contributed by atoms with Gasteiger partial charge in [0.05, 0.1) is 16.8 Å². The summed E-state index contributed by atoms with van der Waals surface area (Å²) in [6.45, 7) is 3.08. The fourth-order valence-corrected chi connectivity index (χ4v) is 4.47. The molecule has 1 atom stereocenters. The van der Waals surface area contributed by atoms with Crippen LogP contribution in [0, 0.1) is 6.92 Å². The Kier molecular flexibility index (Phi) is 7.93. The van der Waals surface area contributed by atoms with Crippen molar-refractivity contribution in [2.45, 2.75) is 38.1 Å². The number of thiazole rings is 1. The molecule has 2 heterocycles. The third kappa shape index (κ3) is 6.40. The molecule has 5 N–H and O–H groups in total. The van der Waals surface area contributed by atoms with Crippen LogP contribution in [0.15, 0.2) is 16.9 Å². The summed E-state index contributed by atoms with van der Waals surface area (Å²) >= 11 is 6.34. The van der Waals surface area contributed by atoms with E-state index in [1.165, 1.54) is 0 Å². The number of benzene rings is 1. The number of carbonyl (C=O) groups excluding carboxylic acids is 1. The van der Waals surface area contributed by atoms with Crippen LogP contribution < -0.4 is 20.7 Å². The number of aliphatic hydroxyl groups excluding tert-OH is 1. The molecule has 1 aromatic carbocycles. The summed E-state index contributed by atoms with van der Waals surface area (Å²) < 4.78 is 44.8. The highest BCUT2D eigenvalue weighted by atomic mass is 35.5. The van der Waals surface area contributed by atoms with Crippen molar-refractivity contribution in [1.29, 1.82) is 0 Å². The van der Waals surface area contributed by atoms with Gasteiger partial charge in [0.1, 0.15) is 22.4 Å². The van der Waals surface area contributed by atoms with Gasteiger partial charge < -0.3 is 30.8 Å². The number of halogens is 4. The van der Waals surface area contributed by atoms with Gasteiger partial charge in [-0.15, -0.1) is 0 Å². The molecule has 2 aromatic rings. The number of aromatic nitrogens is 1. The number of aromatic amines is 1. The normalized spacial score (nSPS) is 16.5. The van der Waals surface area contributed by atoms with E-state index in [4.69, 9.17) is 22.1 Å². The van der Waals surface area contributed by atoms with Gasteiger partial charge in [-0.2, -0.15) is 13.2 Å². The highest BCUT2D eigenvalue weighted by molar-refractivity contribution is 7.11. The molecule has 0 saturated carbocycles. The van der Waals surface area contributed by atoms with Gasteiger partial charge >= 0.3 is 11.0 Å². The van der Waals surface area contributed by atoms with Crippen molar-refractivity contribution in [1.82, 2.24) is 15.2 Å². The summed E-state index contributed by atoms with van der Waals surface area (Å²) in [6, 6.07) is 3.47. The van der Waals surface area contributed by atoms with Gasteiger partial charge in [0.2, 0.25) is 0 Å². The van der Waals surface area contributed by atoms with E-state index in [9.17, 15) is 27.9 Å². The summed E-state index contributed by atoms with van der Waals surface area (Å²) in [7, 11) is 0. The number of H-pyrrole nitrogens is 1. The second-order valence-corrected chi connectivity index (χ2v) is 9.15. The molecule has 1 fully saturated rings. The first-order valence-electron chi connectivity index (χ1n) is 10.2. The molecule has 0 radical (unpaired) electrons. The minimum Gasteiger partial charge on any atom is -0.490 e. The number of anilines is 1. The number of β-amino-alcohol motifs (C(OH)–C–C–N with tert-alkyl or cyclic N) is 1. The molecule has 0 unspecified atom stereocenters. The Morgan fingerprint density at radius 2 is 2.09 bits per heavy atom. The summed E-state index contributed by atoms with van der Waals surface area (Å²) in [5, 5.41) is 12.9. The Morgan fingerprint density at radius 3 is 2.73 bits per heavy atom. The van der Waals surface area contributed by atoms with E-state index >= 15 is 0 Å². The van der Waals surface area contributed by atoms with Crippen LogP contribution in [0.2, 0.25) is 5.02 Å².